The molecule has 16 heavy (non-hydrogen) atoms. The Morgan fingerprint density at radius 1 is 1.44 bits per heavy atom. The molecule has 1 rings (SSSR count). The van der Waals surface area contributed by atoms with Gasteiger partial charge in [-0.25, -0.2) is 0 Å². The molecular formula is C12H17NO3. The topological polar surface area (TPSA) is 69.6 Å². The molecule has 4 heteroatoms. The highest BCUT2D eigenvalue weighted by molar-refractivity contribution is 5.96. The Hall–Kier alpha value is -1.55. The average Bonchev–Trinajstić information content (AvgIpc) is 2.29. The van der Waals surface area contributed by atoms with Gasteiger partial charge >= 0.3 is 0 Å². The van der Waals surface area contributed by atoms with E-state index >= 15 is 0 Å². The van der Waals surface area contributed by atoms with Gasteiger partial charge in [-0.3, -0.25) is 4.79 Å². The van der Waals surface area contributed by atoms with Crippen LogP contribution < -0.4 is 5.32 Å². The number of para-hydroxylation sites is 1. The molecule has 0 aliphatic heterocycles. The van der Waals surface area contributed by atoms with Crippen molar-refractivity contribution in [2.45, 2.75) is 25.9 Å². The monoisotopic (exact) mass is 223 g/mol. The number of amides is 1. The number of hydrogen-bond donors (Lipinski definition) is 3. The molecule has 0 aromatic heterocycles. The Morgan fingerprint density at radius 3 is 2.75 bits per heavy atom. The maximum absolute atomic E-state index is 11.6. The fourth-order valence-corrected chi connectivity index (χ4v) is 1.32. The molecule has 1 aromatic rings. The predicted molar refractivity (Wildman–Crippen MR) is 61.4 cm³/mol. The highest BCUT2D eigenvalue weighted by Gasteiger charge is 2.09. The first-order valence-corrected chi connectivity index (χ1v) is 5.39. The molecule has 88 valence electrons. The molecule has 0 heterocycles. The first-order chi connectivity index (χ1) is 7.65. The van der Waals surface area contributed by atoms with E-state index in [1.54, 1.807) is 18.2 Å². The van der Waals surface area contributed by atoms with Gasteiger partial charge in [0.05, 0.1) is 11.7 Å². The van der Waals surface area contributed by atoms with Gasteiger partial charge in [-0.1, -0.05) is 19.1 Å². The van der Waals surface area contributed by atoms with E-state index in [4.69, 9.17) is 0 Å². The number of carbonyl (C=O) groups is 1. The van der Waals surface area contributed by atoms with Crippen molar-refractivity contribution in [3.63, 3.8) is 0 Å². The van der Waals surface area contributed by atoms with Crippen molar-refractivity contribution < 1.29 is 15.0 Å². The van der Waals surface area contributed by atoms with Gasteiger partial charge in [0.15, 0.2) is 0 Å². The minimum atomic E-state index is -0.385. The third-order valence-electron chi connectivity index (χ3n) is 2.38. The van der Waals surface area contributed by atoms with Crippen molar-refractivity contribution in [2.75, 3.05) is 6.54 Å². The predicted octanol–water partition coefficient (Wildman–Crippen LogP) is 1.28. The first-order valence-electron chi connectivity index (χ1n) is 5.39. The Bertz CT molecular complexity index is 352. The van der Waals surface area contributed by atoms with Gasteiger partial charge in [-0.15, -0.1) is 0 Å². The molecule has 0 bridgehead atoms. The van der Waals surface area contributed by atoms with Crippen molar-refractivity contribution in [2.24, 2.45) is 0 Å². The highest BCUT2D eigenvalue weighted by Crippen LogP contribution is 2.14. The molecule has 0 aliphatic rings. The molecule has 0 fully saturated rings. The van der Waals surface area contributed by atoms with E-state index in [-0.39, 0.29) is 23.3 Å². The molecule has 1 unspecified atom stereocenters. The maximum Gasteiger partial charge on any atom is 0.255 e. The zero-order valence-electron chi connectivity index (χ0n) is 9.31. The molecule has 0 aliphatic carbocycles. The summed E-state index contributed by atoms with van der Waals surface area (Å²) in [6.07, 6.45) is 0.812. The second kappa shape index (κ2) is 6.12. The maximum atomic E-state index is 11.6. The number of rotatable bonds is 5. The molecule has 1 amide bonds. The van der Waals surface area contributed by atoms with E-state index in [2.05, 4.69) is 5.32 Å². The Morgan fingerprint density at radius 2 is 2.12 bits per heavy atom. The van der Waals surface area contributed by atoms with E-state index in [9.17, 15) is 15.0 Å². The molecule has 0 spiro atoms. The average molecular weight is 223 g/mol. The summed E-state index contributed by atoms with van der Waals surface area (Å²) in [5.74, 6) is -0.350. The van der Waals surface area contributed by atoms with Crippen LogP contribution in [0.1, 0.15) is 30.1 Å². The summed E-state index contributed by atoms with van der Waals surface area (Å²) in [5.41, 5.74) is 0.258. The summed E-state index contributed by atoms with van der Waals surface area (Å²) in [4.78, 5) is 11.6. The molecule has 1 atom stereocenters. The van der Waals surface area contributed by atoms with Crippen molar-refractivity contribution >= 4 is 5.91 Å². The van der Waals surface area contributed by atoms with Crippen molar-refractivity contribution in [1.29, 1.82) is 0 Å². The number of nitrogens with one attached hydrogen (secondary N) is 1. The Kier molecular flexibility index (Phi) is 4.79. The van der Waals surface area contributed by atoms with Crippen molar-refractivity contribution in [1.82, 2.24) is 5.32 Å². The summed E-state index contributed by atoms with van der Waals surface area (Å²) in [7, 11) is 0. The minimum absolute atomic E-state index is 0.0314. The largest absolute Gasteiger partial charge is 0.507 e. The van der Waals surface area contributed by atoms with Crippen LogP contribution in [0.5, 0.6) is 5.75 Å². The number of phenols is 1. The van der Waals surface area contributed by atoms with Gasteiger partial charge < -0.3 is 15.5 Å². The van der Waals surface area contributed by atoms with Crippen LogP contribution in [0.4, 0.5) is 0 Å². The third kappa shape index (κ3) is 3.55. The molecule has 0 saturated heterocycles. The summed E-state index contributed by atoms with van der Waals surface area (Å²) >= 11 is 0. The second-order valence-corrected chi connectivity index (χ2v) is 3.62. The first kappa shape index (κ1) is 12.5. The van der Waals surface area contributed by atoms with E-state index in [1.807, 2.05) is 6.92 Å². The normalized spacial score (nSPS) is 12.1. The van der Waals surface area contributed by atoms with E-state index in [0.717, 1.165) is 0 Å². The summed E-state index contributed by atoms with van der Waals surface area (Å²) in [6, 6.07) is 6.37. The number of hydrogen-bond acceptors (Lipinski definition) is 3. The van der Waals surface area contributed by atoms with Crippen LogP contribution >= 0.6 is 0 Å². The lowest BCUT2D eigenvalue weighted by atomic mass is 10.1. The quantitative estimate of drug-likeness (QED) is 0.704. The summed E-state index contributed by atoms with van der Waals surface area (Å²) in [5, 5.41) is 21.4. The van der Waals surface area contributed by atoms with Crippen LogP contribution in [0.15, 0.2) is 24.3 Å². The smallest absolute Gasteiger partial charge is 0.255 e. The highest BCUT2D eigenvalue weighted by atomic mass is 16.3. The van der Waals surface area contributed by atoms with Crippen molar-refractivity contribution in [3.8, 4) is 5.75 Å². The second-order valence-electron chi connectivity index (χ2n) is 3.62. The lowest BCUT2D eigenvalue weighted by molar-refractivity contribution is 0.0939. The number of aliphatic hydroxyl groups is 1. The van der Waals surface area contributed by atoms with Gasteiger partial charge in [-0.05, 0) is 25.0 Å². The van der Waals surface area contributed by atoms with Crippen LogP contribution in [0.3, 0.4) is 0 Å². The van der Waals surface area contributed by atoms with Crippen LogP contribution in [0, 0.1) is 0 Å². The van der Waals surface area contributed by atoms with Crippen LogP contribution in [-0.2, 0) is 0 Å². The fourth-order valence-electron chi connectivity index (χ4n) is 1.32. The number of benzene rings is 1. The Balaban J connectivity index is 2.44. The fraction of sp³-hybridized carbons (Fsp3) is 0.417. The van der Waals surface area contributed by atoms with Crippen LogP contribution in [0.2, 0.25) is 0 Å². The standard InChI is InChI=1S/C12H17NO3/c1-2-9(14)7-8-13-12(16)10-5-3-4-6-11(10)15/h3-6,9,14-15H,2,7-8H2,1H3,(H,13,16). The molecular weight excluding hydrogens is 206 g/mol. The van der Waals surface area contributed by atoms with E-state index in [0.29, 0.717) is 19.4 Å². The van der Waals surface area contributed by atoms with E-state index < -0.39 is 0 Å². The molecule has 0 radical (unpaired) electrons. The third-order valence-corrected chi connectivity index (χ3v) is 2.38. The molecule has 1 aromatic carbocycles. The van der Waals surface area contributed by atoms with Gasteiger partial charge in [0, 0.05) is 6.54 Å². The minimum Gasteiger partial charge on any atom is -0.507 e. The molecule has 4 nitrogen and oxygen atoms in total. The summed E-state index contributed by atoms with van der Waals surface area (Å²) < 4.78 is 0. The van der Waals surface area contributed by atoms with Crippen LogP contribution in [-0.4, -0.2) is 28.8 Å². The van der Waals surface area contributed by atoms with E-state index in [1.165, 1.54) is 6.07 Å². The molecule has 0 saturated carbocycles. The van der Waals surface area contributed by atoms with Crippen molar-refractivity contribution in [3.05, 3.63) is 29.8 Å². The van der Waals surface area contributed by atoms with Gasteiger partial charge in [0.25, 0.3) is 5.91 Å². The molecule has 3 N–H and O–H groups in total. The lowest BCUT2D eigenvalue weighted by Gasteiger charge is -2.09. The number of phenolic OH excluding ortho intramolecular Hbond substituents is 1. The number of aliphatic hydroxyl groups excluding tert-OH is 1. The van der Waals surface area contributed by atoms with Gasteiger partial charge in [0.1, 0.15) is 5.75 Å². The van der Waals surface area contributed by atoms with Gasteiger partial charge in [0.2, 0.25) is 0 Å². The number of aromatic hydroxyl groups is 1. The zero-order valence-corrected chi connectivity index (χ0v) is 9.31. The van der Waals surface area contributed by atoms with Crippen LogP contribution in [0.25, 0.3) is 0 Å². The summed E-state index contributed by atoms with van der Waals surface area (Å²) in [6.45, 7) is 2.29. The van der Waals surface area contributed by atoms with Gasteiger partial charge in [-0.2, -0.15) is 0 Å². The number of carbonyl (C=O) groups excluding carboxylic acids is 1. The zero-order chi connectivity index (χ0) is 12.0. The lowest BCUT2D eigenvalue weighted by Crippen LogP contribution is -2.27. The SMILES string of the molecule is CCC(O)CCNC(=O)c1ccccc1O. The Labute approximate surface area is 94.9 Å².